The molecular formula is C17H18N2. The van der Waals surface area contributed by atoms with E-state index in [0.717, 1.165) is 11.3 Å². The van der Waals surface area contributed by atoms with Crippen LogP contribution in [0.4, 0.5) is 5.69 Å². The maximum Gasteiger partial charge on any atom is 0.101 e. The molecule has 0 aromatic heterocycles. The Kier molecular flexibility index (Phi) is 3.87. The van der Waals surface area contributed by atoms with Crippen LogP contribution in [0.2, 0.25) is 0 Å². The van der Waals surface area contributed by atoms with Crippen molar-refractivity contribution in [2.24, 2.45) is 0 Å². The van der Waals surface area contributed by atoms with Crippen LogP contribution >= 0.6 is 0 Å². The first-order valence-electron chi connectivity index (χ1n) is 6.45. The largest absolute Gasteiger partial charge is 0.377 e. The van der Waals surface area contributed by atoms with Gasteiger partial charge in [-0.2, -0.15) is 5.26 Å². The van der Waals surface area contributed by atoms with Gasteiger partial charge in [0.1, 0.15) is 6.07 Å². The maximum atomic E-state index is 9.19. The minimum Gasteiger partial charge on any atom is -0.377 e. The van der Waals surface area contributed by atoms with E-state index in [1.807, 2.05) is 37.3 Å². The minimum absolute atomic E-state index is 0.175. The smallest absolute Gasteiger partial charge is 0.101 e. The van der Waals surface area contributed by atoms with E-state index in [4.69, 9.17) is 0 Å². The van der Waals surface area contributed by atoms with Crippen LogP contribution in [-0.4, -0.2) is 0 Å². The van der Waals surface area contributed by atoms with Gasteiger partial charge in [0.2, 0.25) is 0 Å². The van der Waals surface area contributed by atoms with Crippen LogP contribution in [0.3, 0.4) is 0 Å². The molecule has 2 rings (SSSR count). The van der Waals surface area contributed by atoms with E-state index in [1.165, 1.54) is 11.1 Å². The van der Waals surface area contributed by atoms with Gasteiger partial charge in [-0.3, -0.25) is 0 Å². The molecule has 1 N–H and O–H groups in total. The molecule has 0 radical (unpaired) electrons. The molecule has 0 bridgehead atoms. The maximum absolute atomic E-state index is 9.19. The van der Waals surface area contributed by atoms with Crippen molar-refractivity contribution >= 4 is 5.69 Å². The summed E-state index contributed by atoms with van der Waals surface area (Å²) in [5, 5.41) is 12.7. The zero-order valence-corrected chi connectivity index (χ0v) is 11.6. The lowest BCUT2D eigenvalue weighted by Gasteiger charge is -2.20. The zero-order valence-electron chi connectivity index (χ0n) is 11.6. The Morgan fingerprint density at radius 1 is 1.00 bits per heavy atom. The van der Waals surface area contributed by atoms with E-state index in [2.05, 4.69) is 37.4 Å². The lowest BCUT2D eigenvalue weighted by atomic mass is 10.0. The summed E-state index contributed by atoms with van der Waals surface area (Å²) in [6.45, 7) is 6.25. The van der Waals surface area contributed by atoms with Gasteiger partial charge in [0, 0.05) is 6.04 Å². The fourth-order valence-corrected chi connectivity index (χ4v) is 2.32. The number of hydrogen-bond acceptors (Lipinski definition) is 2. The van der Waals surface area contributed by atoms with Gasteiger partial charge in [0.05, 0.1) is 11.3 Å². The summed E-state index contributed by atoms with van der Waals surface area (Å²) in [6.07, 6.45) is 0. The molecule has 0 aliphatic rings. The van der Waals surface area contributed by atoms with Gasteiger partial charge in [0.25, 0.3) is 0 Å². The average molecular weight is 250 g/mol. The van der Waals surface area contributed by atoms with Gasteiger partial charge < -0.3 is 5.32 Å². The van der Waals surface area contributed by atoms with Crippen LogP contribution in [0.5, 0.6) is 0 Å². The molecule has 0 saturated heterocycles. The number of anilines is 1. The molecule has 2 aromatic rings. The molecule has 2 aromatic carbocycles. The van der Waals surface area contributed by atoms with E-state index >= 15 is 0 Å². The predicted octanol–water partition coefficient (Wildman–Crippen LogP) is 4.35. The highest BCUT2D eigenvalue weighted by Crippen LogP contribution is 2.26. The molecule has 2 heteroatoms. The van der Waals surface area contributed by atoms with E-state index in [1.54, 1.807) is 0 Å². The number of nitriles is 1. The summed E-state index contributed by atoms with van der Waals surface area (Å²) in [5.41, 5.74) is 5.24. The molecule has 1 atom stereocenters. The van der Waals surface area contributed by atoms with Crippen molar-refractivity contribution < 1.29 is 0 Å². The van der Waals surface area contributed by atoms with Crippen LogP contribution in [0, 0.1) is 25.2 Å². The molecule has 0 heterocycles. The Balaban J connectivity index is 2.32. The highest BCUT2D eigenvalue weighted by Gasteiger charge is 2.11. The van der Waals surface area contributed by atoms with Crippen molar-refractivity contribution in [3.8, 4) is 6.07 Å². The third-order valence-electron chi connectivity index (χ3n) is 3.41. The molecule has 0 aliphatic carbocycles. The Bertz CT molecular complexity index is 623. The van der Waals surface area contributed by atoms with E-state index in [-0.39, 0.29) is 6.04 Å². The molecule has 0 saturated carbocycles. The standard InChI is InChI=1S/C17H18N2/c1-12-7-4-5-10-16(12)14(3)19-17-13(2)8-6-9-15(17)11-18/h4-10,14,19H,1-3H3. The van der Waals surface area contributed by atoms with Gasteiger partial charge >= 0.3 is 0 Å². The number of nitrogens with one attached hydrogen (secondary N) is 1. The van der Waals surface area contributed by atoms with Gasteiger partial charge in [-0.15, -0.1) is 0 Å². The van der Waals surface area contributed by atoms with Crippen LogP contribution in [0.25, 0.3) is 0 Å². The second kappa shape index (κ2) is 5.58. The first-order valence-corrected chi connectivity index (χ1v) is 6.45. The normalized spacial score (nSPS) is 11.7. The van der Waals surface area contributed by atoms with Crippen molar-refractivity contribution in [2.45, 2.75) is 26.8 Å². The molecule has 0 fully saturated rings. The van der Waals surface area contributed by atoms with Crippen LogP contribution in [0.1, 0.15) is 35.2 Å². The second-order valence-electron chi connectivity index (χ2n) is 4.83. The summed E-state index contributed by atoms with van der Waals surface area (Å²) in [7, 11) is 0. The number of nitrogens with zero attached hydrogens (tertiary/aromatic N) is 1. The van der Waals surface area contributed by atoms with E-state index in [9.17, 15) is 5.26 Å². The SMILES string of the molecule is Cc1ccccc1C(C)Nc1c(C)cccc1C#N. The molecule has 19 heavy (non-hydrogen) atoms. The van der Waals surface area contributed by atoms with Crippen molar-refractivity contribution in [2.75, 3.05) is 5.32 Å². The first kappa shape index (κ1) is 13.2. The first-order chi connectivity index (χ1) is 9.13. The molecule has 1 unspecified atom stereocenters. The monoisotopic (exact) mass is 250 g/mol. The van der Waals surface area contributed by atoms with Gasteiger partial charge in [-0.05, 0) is 43.5 Å². The Morgan fingerprint density at radius 3 is 2.37 bits per heavy atom. The van der Waals surface area contributed by atoms with E-state index in [0.29, 0.717) is 5.56 Å². The van der Waals surface area contributed by atoms with Crippen LogP contribution in [-0.2, 0) is 0 Å². The highest BCUT2D eigenvalue weighted by atomic mass is 14.9. The molecule has 0 aliphatic heterocycles. The Hall–Kier alpha value is -2.27. The van der Waals surface area contributed by atoms with Gasteiger partial charge in [-0.1, -0.05) is 36.4 Å². The van der Waals surface area contributed by atoms with Crippen LogP contribution < -0.4 is 5.32 Å². The molecule has 96 valence electrons. The minimum atomic E-state index is 0.175. The average Bonchev–Trinajstić information content (AvgIpc) is 2.41. The van der Waals surface area contributed by atoms with Gasteiger partial charge in [-0.25, -0.2) is 0 Å². The number of hydrogen-bond donors (Lipinski definition) is 1. The Morgan fingerprint density at radius 2 is 1.68 bits per heavy atom. The zero-order chi connectivity index (χ0) is 13.8. The van der Waals surface area contributed by atoms with Crippen molar-refractivity contribution in [3.05, 3.63) is 64.7 Å². The molecule has 0 amide bonds. The third kappa shape index (κ3) is 2.77. The van der Waals surface area contributed by atoms with Crippen LogP contribution in [0.15, 0.2) is 42.5 Å². The number of rotatable bonds is 3. The second-order valence-corrected chi connectivity index (χ2v) is 4.83. The highest BCUT2D eigenvalue weighted by molar-refractivity contribution is 5.63. The topological polar surface area (TPSA) is 35.8 Å². The quantitative estimate of drug-likeness (QED) is 0.879. The summed E-state index contributed by atoms with van der Waals surface area (Å²) in [4.78, 5) is 0. The van der Waals surface area contributed by atoms with Gasteiger partial charge in [0.15, 0.2) is 0 Å². The number of benzene rings is 2. The third-order valence-corrected chi connectivity index (χ3v) is 3.41. The lowest BCUT2D eigenvalue weighted by Crippen LogP contribution is -2.10. The fourth-order valence-electron chi connectivity index (χ4n) is 2.32. The Labute approximate surface area is 114 Å². The lowest BCUT2D eigenvalue weighted by molar-refractivity contribution is 0.871. The molecular weight excluding hydrogens is 232 g/mol. The molecule has 0 spiro atoms. The summed E-state index contributed by atoms with van der Waals surface area (Å²) < 4.78 is 0. The number of para-hydroxylation sites is 1. The van der Waals surface area contributed by atoms with Crippen molar-refractivity contribution in [1.29, 1.82) is 5.26 Å². The predicted molar refractivity (Wildman–Crippen MR) is 79.1 cm³/mol. The summed E-state index contributed by atoms with van der Waals surface area (Å²) in [5.74, 6) is 0. The van der Waals surface area contributed by atoms with Crippen molar-refractivity contribution in [1.82, 2.24) is 0 Å². The van der Waals surface area contributed by atoms with E-state index < -0.39 is 0 Å². The molecule has 2 nitrogen and oxygen atoms in total. The summed E-state index contributed by atoms with van der Waals surface area (Å²) in [6, 6.07) is 16.5. The fraction of sp³-hybridized carbons (Fsp3) is 0.235. The van der Waals surface area contributed by atoms with Crippen molar-refractivity contribution in [3.63, 3.8) is 0 Å². The number of aryl methyl sites for hydroxylation is 2. The summed E-state index contributed by atoms with van der Waals surface area (Å²) >= 11 is 0.